The summed E-state index contributed by atoms with van der Waals surface area (Å²) in [4.78, 5) is 13.9. The zero-order valence-corrected chi connectivity index (χ0v) is 10.9. The molecule has 1 N–H and O–H groups in total. The Morgan fingerprint density at radius 2 is 2.22 bits per heavy atom. The maximum absolute atomic E-state index is 12.0. The predicted molar refractivity (Wildman–Crippen MR) is 68.0 cm³/mol. The number of hydrogen-bond donors (Lipinski definition) is 1. The van der Waals surface area contributed by atoms with Crippen LogP contribution in [0.5, 0.6) is 0 Å². The highest BCUT2D eigenvalue weighted by atomic mass is 16.3. The molecule has 1 aliphatic heterocycles. The largest absolute Gasteiger partial charge is 0.396 e. The third-order valence-electron chi connectivity index (χ3n) is 3.54. The molecule has 0 radical (unpaired) electrons. The van der Waals surface area contributed by atoms with Crippen LogP contribution in [0.4, 0.5) is 0 Å². The fourth-order valence-corrected chi connectivity index (χ4v) is 2.32. The second-order valence-electron chi connectivity index (χ2n) is 5.04. The maximum atomic E-state index is 12.0. The van der Waals surface area contributed by atoms with Gasteiger partial charge in [-0.2, -0.15) is 5.10 Å². The minimum absolute atomic E-state index is 0.194. The average molecular weight is 251 g/mol. The molecule has 1 aromatic heterocycles. The Balaban J connectivity index is 1.75. The summed E-state index contributed by atoms with van der Waals surface area (Å²) in [6.07, 6.45) is 6.10. The number of aromatic nitrogens is 2. The molecule has 0 saturated carbocycles. The second kappa shape index (κ2) is 6.00. The molecular weight excluding hydrogens is 230 g/mol. The topological polar surface area (TPSA) is 58.4 Å². The molecule has 0 atom stereocenters. The van der Waals surface area contributed by atoms with E-state index in [0.29, 0.717) is 18.9 Å². The van der Waals surface area contributed by atoms with Gasteiger partial charge in [-0.15, -0.1) is 0 Å². The minimum Gasteiger partial charge on any atom is -0.396 e. The first-order valence-corrected chi connectivity index (χ1v) is 6.56. The van der Waals surface area contributed by atoms with Crippen LogP contribution in [0, 0.1) is 12.8 Å². The van der Waals surface area contributed by atoms with Crippen LogP contribution in [0.15, 0.2) is 12.4 Å². The van der Waals surface area contributed by atoms with Crippen molar-refractivity contribution in [3.05, 3.63) is 18.0 Å². The Morgan fingerprint density at radius 1 is 1.50 bits per heavy atom. The maximum Gasteiger partial charge on any atom is 0.224 e. The highest BCUT2D eigenvalue weighted by Gasteiger charge is 2.21. The first-order valence-electron chi connectivity index (χ1n) is 6.56. The van der Waals surface area contributed by atoms with Crippen molar-refractivity contribution in [3.63, 3.8) is 0 Å². The van der Waals surface area contributed by atoms with Gasteiger partial charge in [0.1, 0.15) is 0 Å². The van der Waals surface area contributed by atoms with Gasteiger partial charge in [0, 0.05) is 38.9 Å². The third kappa shape index (κ3) is 3.32. The van der Waals surface area contributed by atoms with Gasteiger partial charge in [0.2, 0.25) is 5.91 Å². The third-order valence-corrected chi connectivity index (χ3v) is 3.54. The highest BCUT2D eigenvalue weighted by molar-refractivity contribution is 5.76. The van der Waals surface area contributed by atoms with Crippen molar-refractivity contribution in [2.45, 2.75) is 32.7 Å². The lowest BCUT2D eigenvalue weighted by molar-refractivity contribution is -0.133. The van der Waals surface area contributed by atoms with E-state index >= 15 is 0 Å². The molecule has 100 valence electrons. The molecule has 1 amide bonds. The predicted octanol–water partition coefficient (Wildman–Crippen LogP) is 0.813. The highest BCUT2D eigenvalue weighted by Crippen LogP contribution is 2.17. The van der Waals surface area contributed by atoms with Gasteiger partial charge in [-0.1, -0.05) is 0 Å². The lowest BCUT2D eigenvalue weighted by atomic mass is 9.98. The van der Waals surface area contributed by atoms with Gasteiger partial charge in [-0.05, 0) is 31.2 Å². The summed E-state index contributed by atoms with van der Waals surface area (Å²) < 4.78 is 1.81. The molecule has 1 saturated heterocycles. The van der Waals surface area contributed by atoms with Crippen molar-refractivity contribution in [2.24, 2.45) is 5.92 Å². The minimum atomic E-state index is 0.194. The number of likely N-dealkylation sites (tertiary alicyclic amines) is 1. The van der Waals surface area contributed by atoms with Crippen LogP contribution in [0.2, 0.25) is 0 Å². The van der Waals surface area contributed by atoms with Crippen LogP contribution in [0.3, 0.4) is 0 Å². The van der Waals surface area contributed by atoms with Crippen molar-refractivity contribution in [2.75, 3.05) is 19.7 Å². The van der Waals surface area contributed by atoms with E-state index < -0.39 is 0 Å². The summed E-state index contributed by atoms with van der Waals surface area (Å²) in [6, 6.07) is 0. The number of amides is 1. The summed E-state index contributed by atoms with van der Waals surface area (Å²) >= 11 is 0. The van der Waals surface area contributed by atoms with Crippen molar-refractivity contribution in [1.29, 1.82) is 0 Å². The number of aliphatic hydroxyl groups excluding tert-OH is 1. The Labute approximate surface area is 107 Å². The van der Waals surface area contributed by atoms with Crippen LogP contribution < -0.4 is 0 Å². The number of nitrogens with zero attached hydrogens (tertiary/aromatic N) is 3. The molecule has 5 nitrogen and oxygen atoms in total. The first-order chi connectivity index (χ1) is 8.69. The smallest absolute Gasteiger partial charge is 0.224 e. The van der Waals surface area contributed by atoms with Crippen LogP contribution >= 0.6 is 0 Å². The molecule has 2 rings (SSSR count). The molecule has 0 aliphatic carbocycles. The monoisotopic (exact) mass is 251 g/mol. The van der Waals surface area contributed by atoms with Crippen molar-refractivity contribution in [1.82, 2.24) is 14.7 Å². The summed E-state index contributed by atoms with van der Waals surface area (Å²) in [6.45, 7) is 4.44. The molecule has 1 aromatic rings. The number of carbonyl (C=O) groups is 1. The Hall–Kier alpha value is -1.36. The SMILES string of the molecule is Cc1cnn(CCC(=O)N2CCC(CO)CC2)c1. The molecular formula is C13H21N3O2. The fraction of sp³-hybridized carbons (Fsp3) is 0.692. The quantitative estimate of drug-likeness (QED) is 0.861. The molecule has 2 heterocycles. The molecule has 18 heavy (non-hydrogen) atoms. The fourth-order valence-electron chi connectivity index (χ4n) is 2.32. The van der Waals surface area contributed by atoms with Crippen molar-refractivity contribution >= 4 is 5.91 Å². The van der Waals surface area contributed by atoms with E-state index in [4.69, 9.17) is 5.11 Å². The van der Waals surface area contributed by atoms with Crippen LogP contribution in [-0.4, -0.2) is 45.4 Å². The second-order valence-corrected chi connectivity index (χ2v) is 5.04. The molecule has 5 heteroatoms. The normalized spacial score (nSPS) is 17.1. The summed E-state index contributed by atoms with van der Waals surface area (Å²) in [5, 5.41) is 13.2. The first kappa shape index (κ1) is 13.1. The van der Waals surface area contributed by atoms with Gasteiger partial charge in [0.05, 0.1) is 6.20 Å². The number of aliphatic hydroxyl groups is 1. The van der Waals surface area contributed by atoms with Gasteiger partial charge >= 0.3 is 0 Å². The van der Waals surface area contributed by atoms with Gasteiger partial charge in [-0.3, -0.25) is 9.48 Å². The summed E-state index contributed by atoms with van der Waals surface area (Å²) in [7, 11) is 0. The van der Waals surface area contributed by atoms with Crippen LogP contribution in [-0.2, 0) is 11.3 Å². The van der Waals surface area contributed by atoms with E-state index in [0.717, 1.165) is 31.5 Å². The van der Waals surface area contributed by atoms with E-state index in [-0.39, 0.29) is 12.5 Å². The Bertz CT molecular complexity index is 395. The molecule has 0 bridgehead atoms. The van der Waals surface area contributed by atoms with Gasteiger partial charge < -0.3 is 10.0 Å². The number of piperidine rings is 1. The zero-order valence-electron chi connectivity index (χ0n) is 10.9. The Morgan fingerprint density at radius 3 is 2.78 bits per heavy atom. The van der Waals surface area contributed by atoms with Gasteiger partial charge in [-0.25, -0.2) is 0 Å². The lowest BCUT2D eigenvalue weighted by Crippen LogP contribution is -2.39. The van der Waals surface area contributed by atoms with E-state index in [1.54, 1.807) is 6.20 Å². The number of carbonyl (C=O) groups excluding carboxylic acids is 1. The summed E-state index contributed by atoms with van der Waals surface area (Å²) in [5.74, 6) is 0.572. The van der Waals surface area contributed by atoms with E-state index in [2.05, 4.69) is 5.10 Å². The molecule has 0 aromatic carbocycles. The van der Waals surface area contributed by atoms with Crippen molar-refractivity contribution < 1.29 is 9.90 Å². The average Bonchev–Trinajstić information content (AvgIpc) is 2.82. The molecule has 1 fully saturated rings. The number of rotatable bonds is 4. The van der Waals surface area contributed by atoms with Crippen LogP contribution in [0.1, 0.15) is 24.8 Å². The van der Waals surface area contributed by atoms with Crippen LogP contribution in [0.25, 0.3) is 0 Å². The number of hydrogen-bond acceptors (Lipinski definition) is 3. The standard InChI is InChI=1S/C13H21N3O2/c1-11-8-14-16(9-11)7-4-13(18)15-5-2-12(10-17)3-6-15/h8-9,12,17H,2-7,10H2,1H3. The van der Waals surface area contributed by atoms with Gasteiger partial charge in [0.25, 0.3) is 0 Å². The Kier molecular flexibility index (Phi) is 4.36. The van der Waals surface area contributed by atoms with E-state index in [9.17, 15) is 4.79 Å². The summed E-state index contributed by atoms with van der Waals surface area (Å²) in [5.41, 5.74) is 1.12. The van der Waals surface area contributed by atoms with E-state index in [1.807, 2.05) is 22.7 Å². The van der Waals surface area contributed by atoms with Crippen molar-refractivity contribution in [3.8, 4) is 0 Å². The van der Waals surface area contributed by atoms with E-state index in [1.165, 1.54) is 0 Å². The van der Waals surface area contributed by atoms with Gasteiger partial charge in [0.15, 0.2) is 0 Å². The molecule has 0 spiro atoms. The number of aryl methyl sites for hydroxylation is 2. The lowest BCUT2D eigenvalue weighted by Gasteiger charge is -2.31. The molecule has 0 unspecified atom stereocenters. The molecule has 1 aliphatic rings. The zero-order chi connectivity index (χ0) is 13.0.